The lowest BCUT2D eigenvalue weighted by Gasteiger charge is -2.39. The van der Waals surface area contributed by atoms with Crippen molar-refractivity contribution in [2.24, 2.45) is 0 Å². The van der Waals surface area contributed by atoms with Crippen molar-refractivity contribution in [2.75, 3.05) is 45.9 Å². The van der Waals surface area contributed by atoms with E-state index in [0.717, 1.165) is 37.3 Å². The number of urea groups is 1. The number of carbonyl (C=O) groups excluding carboxylic acids is 2. The Kier molecular flexibility index (Phi) is 7.06. The van der Waals surface area contributed by atoms with Crippen molar-refractivity contribution in [3.8, 4) is 0 Å². The third-order valence-corrected chi connectivity index (χ3v) is 5.24. The predicted octanol–water partition coefficient (Wildman–Crippen LogP) is 1.97. The maximum atomic E-state index is 13.0. The van der Waals surface area contributed by atoms with Gasteiger partial charge in [0, 0.05) is 45.0 Å². The number of aryl methyl sites for hydroxylation is 1. The number of carbonyl (C=O) groups is 2. The summed E-state index contributed by atoms with van der Waals surface area (Å²) in [6.45, 7) is 12.2. The topological polar surface area (TPSA) is 73.9 Å². The SMILES string of the molecule is C=CCN1C(=O)NC(c2ccc(C)cc2)C(C(=O)OCC)=C1CN1CCNCC1. The van der Waals surface area contributed by atoms with Gasteiger partial charge in [-0.15, -0.1) is 6.58 Å². The molecule has 29 heavy (non-hydrogen) atoms. The van der Waals surface area contributed by atoms with Crippen molar-refractivity contribution < 1.29 is 14.3 Å². The lowest BCUT2D eigenvalue weighted by molar-refractivity contribution is -0.139. The predicted molar refractivity (Wildman–Crippen MR) is 112 cm³/mol. The number of piperazine rings is 1. The fourth-order valence-corrected chi connectivity index (χ4v) is 3.74. The van der Waals surface area contributed by atoms with Gasteiger partial charge in [0.25, 0.3) is 0 Å². The minimum Gasteiger partial charge on any atom is -0.463 e. The molecule has 7 heteroatoms. The average molecular weight is 399 g/mol. The zero-order chi connectivity index (χ0) is 20.8. The second-order valence-corrected chi connectivity index (χ2v) is 7.30. The van der Waals surface area contributed by atoms with Gasteiger partial charge in [-0.3, -0.25) is 9.80 Å². The summed E-state index contributed by atoms with van der Waals surface area (Å²) in [5.74, 6) is -0.391. The van der Waals surface area contributed by atoms with Crippen LogP contribution in [0.4, 0.5) is 4.79 Å². The van der Waals surface area contributed by atoms with Crippen molar-refractivity contribution in [3.63, 3.8) is 0 Å². The van der Waals surface area contributed by atoms with E-state index in [2.05, 4.69) is 22.1 Å². The molecular formula is C22H30N4O3. The Morgan fingerprint density at radius 3 is 2.59 bits per heavy atom. The van der Waals surface area contributed by atoms with Gasteiger partial charge in [0.05, 0.1) is 18.2 Å². The van der Waals surface area contributed by atoms with Crippen LogP contribution in [0.15, 0.2) is 48.2 Å². The van der Waals surface area contributed by atoms with E-state index in [1.807, 2.05) is 31.2 Å². The van der Waals surface area contributed by atoms with E-state index in [1.165, 1.54) is 0 Å². The lowest BCUT2D eigenvalue weighted by Crippen LogP contribution is -2.52. The third kappa shape index (κ3) is 4.86. The van der Waals surface area contributed by atoms with Crippen LogP contribution < -0.4 is 10.6 Å². The summed E-state index contributed by atoms with van der Waals surface area (Å²) in [6.07, 6.45) is 1.67. The van der Waals surface area contributed by atoms with Crippen molar-refractivity contribution >= 4 is 12.0 Å². The van der Waals surface area contributed by atoms with E-state index >= 15 is 0 Å². The third-order valence-electron chi connectivity index (χ3n) is 5.24. The maximum Gasteiger partial charge on any atom is 0.338 e. The van der Waals surface area contributed by atoms with Crippen LogP contribution in [0.5, 0.6) is 0 Å². The molecule has 0 aliphatic carbocycles. The second kappa shape index (κ2) is 9.71. The number of hydrogen-bond donors (Lipinski definition) is 2. The van der Waals surface area contributed by atoms with E-state index in [9.17, 15) is 9.59 Å². The Morgan fingerprint density at radius 2 is 1.97 bits per heavy atom. The van der Waals surface area contributed by atoms with E-state index in [4.69, 9.17) is 4.74 Å². The first kappa shape index (κ1) is 21.1. The number of ether oxygens (including phenoxy) is 1. The molecule has 2 amide bonds. The molecule has 1 saturated heterocycles. The van der Waals surface area contributed by atoms with Gasteiger partial charge in [-0.05, 0) is 19.4 Å². The number of nitrogens with one attached hydrogen (secondary N) is 2. The minimum atomic E-state index is -0.541. The fourth-order valence-electron chi connectivity index (χ4n) is 3.74. The van der Waals surface area contributed by atoms with Gasteiger partial charge < -0.3 is 15.4 Å². The Bertz CT molecular complexity index is 782. The molecule has 3 rings (SSSR count). The summed E-state index contributed by atoms with van der Waals surface area (Å²) in [6, 6.07) is 7.10. The first-order valence-corrected chi connectivity index (χ1v) is 10.1. The van der Waals surface area contributed by atoms with Crippen molar-refractivity contribution in [2.45, 2.75) is 19.9 Å². The van der Waals surface area contributed by atoms with Crippen molar-refractivity contribution in [1.29, 1.82) is 0 Å². The van der Waals surface area contributed by atoms with E-state index < -0.39 is 12.0 Å². The molecule has 1 atom stereocenters. The molecule has 7 nitrogen and oxygen atoms in total. The summed E-state index contributed by atoms with van der Waals surface area (Å²) >= 11 is 0. The van der Waals surface area contributed by atoms with Crippen LogP contribution in [0.3, 0.4) is 0 Å². The number of esters is 1. The Labute approximate surface area is 172 Å². The van der Waals surface area contributed by atoms with Crippen molar-refractivity contribution in [3.05, 3.63) is 59.3 Å². The molecule has 0 spiro atoms. The minimum absolute atomic E-state index is 0.228. The van der Waals surface area contributed by atoms with Gasteiger partial charge in [-0.1, -0.05) is 35.9 Å². The highest BCUT2D eigenvalue weighted by atomic mass is 16.5. The highest BCUT2D eigenvalue weighted by molar-refractivity contribution is 5.95. The number of amides is 2. The summed E-state index contributed by atoms with van der Waals surface area (Å²) in [5.41, 5.74) is 3.17. The van der Waals surface area contributed by atoms with E-state index in [1.54, 1.807) is 17.9 Å². The van der Waals surface area contributed by atoms with Crippen LogP contribution in [0.1, 0.15) is 24.1 Å². The van der Waals surface area contributed by atoms with Gasteiger partial charge in [0.1, 0.15) is 0 Å². The van der Waals surface area contributed by atoms with Crippen LogP contribution in [0, 0.1) is 6.92 Å². The van der Waals surface area contributed by atoms with Gasteiger partial charge in [-0.2, -0.15) is 0 Å². The maximum absolute atomic E-state index is 13.0. The summed E-state index contributed by atoms with van der Waals surface area (Å²) < 4.78 is 5.41. The van der Waals surface area contributed by atoms with Crippen LogP contribution in [0.2, 0.25) is 0 Å². The van der Waals surface area contributed by atoms with Crippen LogP contribution >= 0.6 is 0 Å². The van der Waals surface area contributed by atoms with Crippen LogP contribution in [-0.2, 0) is 9.53 Å². The first-order valence-electron chi connectivity index (χ1n) is 10.1. The van der Waals surface area contributed by atoms with Crippen molar-refractivity contribution in [1.82, 2.24) is 20.4 Å². The molecule has 2 N–H and O–H groups in total. The zero-order valence-corrected chi connectivity index (χ0v) is 17.2. The lowest BCUT2D eigenvalue weighted by atomic mass is 9.93. The molecule has 0 radical (unpaired) electrons. The fraction of sp³-hybridized carbons (Fsp3) is 0.455. The number of nitrogens with zero attached hydrogens (tertiary/aromatic N) is 2. The van der Waals surface area contributed by atoms with Crippen LogP contribution in [0.25, 0.3) is 0 Å². The molecule has 1 fully saturated rings. The molecule has 1 unspecified atom stereocenters. The monoisotopic (exact) mass is 398 g/mol. The average Bonchev–Trinajstić information content (AvgIpc) is 2.72. The first-order chi connectivity index (χ1) is 14.0. The summed E-state index contributed by atoms with van der Waals surface area (Å²) in [7, 11) is 0. The Hall–Kier alpha value is -2.64. The highest BCUT2D eigenvalue weighted by Crippen LogP contribution is 2.32. The highest BCUT2D eigenvalue weighted by Gasteiger charge is 2.38. The molecule has 0 aromatic heterocycles. The quantitative estimate of drug-likeness (QED) is 0.543. The van der Waals surface area contributed by atoms with Gasteiger partial charge in [-0.25, -0.2) is 9.59 Å². The Balaban J connectivity index is 2.08. The molecule has 2 aliphatic rings. The standard InChI is InChI=1S/C22H30N4O3/c1-4-12-26-18(15-25-13-10-23-11-14-25)19(21(27)29-5-2)20(24-22(26)28)17-8-6-16(3)7-9-17/h4,6-9,20,23H,1,5,10-15H2,2-3H3,(H,24,28). The molecular weight excluding hydrogens is 368 g/mol. The number of benzene rings is 1. The molecule has 0 bridgehead atoms. The smallest absolute Gasteiger partial charge is 0.338 e. The Morgan fingerprint density at radius 1 is 1.28 bits per heavy atom. The number of hydrogen-bond acceptors (Lipinski definition) is 5. The molecule has 2 heterocycles. The molecule has 156 valence electrons. The molecule has 2 aliphatic heterocycles. The largest absolute Gasteiger partial charge is 0.463 e. The molecule has 1 aromatic carbocycles. The van der Waals surface area contributed by atoms with Crippen LogP contribution in [-0.4, -0.2) is 67.7 Å². The summed E-state index contributed by atoms with van der Waals surface area (Å²) in [4.78, 5) is 29.9. The van der Waals surface area contributed by atoms with E-state index in [0.29, 0.717) is 24.4 Å². The summed E-state index contributed by atoms with van der Waals surface area (Å²) in [5, 5.41) is 6.33. The second-order valence-electron chi connectivity index (χ2n) is 7.30. The van der Waals surface area contributed by atoms with E-state index in [-0.39, 0.29) is 12.6 Å². The van der Waals surface area contributed by atoms with Gasteiger partial charge >= 0.3 is 12.0 Å². The molecule has 1 aromatic rings. The molecule has 0 saturated carbocycles. The zero-order valence-electron chi connectivity index (χ0n) is 17.2. The van der Waals surface area contributed by atoms with Gasteiger partial charge in [0.15, 0.2) is 0 Å². The number of rotatable bonds is 7. The van der Waals surface area contributed by atoms with Gasteiger partial charge in [0.2, 0.25) is 0 Å². The normalized spacial score (nSPS) is 20.4.